The highest BCUT2D eigenvalue weighted by molar-refractivity contribution is 5.48. The van der Waals surface area contributed by atoms with E-state index in [1.54, 1.807) is 7.05 Å². The molecule has 1 aromatic rings. The van der Waals surface area contributed by atoms with Crippen molar-refractivity contribution in [2.24, 2.45) is 0 Å². The first-order chi connectivity index (χ1) is 9.33. The van der Waals surface area contributed by atoms with Gasteiger partial charge in [-0.2, -0.15) is 0 Å². The number of alkyl halides is 3. The Hall–Kier alpha value is -1.87. The minimum absolute atomic E-state index is 0.0893. The fraction of sp³-hybridized carbons (Fsp3) is 0.455. The van der Waals surface area contributed by atoms with Gasteiger partial charge in [0.15, 0.2) is 5.75 Å². The van der Waals surface area contributed by atoms with Gasteiger partial charge >= 0.3 is 12.0 Å². The third-order valence-electron chi connectivity index (χ3n) is 2.21. The molecule has 0 spiro atoms. The van der Waals surface area contributed by atoms with Crippen molar-refractivity contribution in [3.63, 3.8) is 0 Å². The van der Waals surface area contributed by atoms with Crippen LogP contribution in [-0.2, 0) is 11.3 Å². The number of hydrogen-bond acceptors (Lipinski definition) is 5. The third-order valence-corrected chi connectivity index (χ3v) is 2.21. The summed E-state index contributed by atoms with van der Waals surface area (Å²) in [5.41, 5.74) is 0.404. The molecule has 0 aliphatic rings. The molecule has 0 radical (unpaired) electrons. The summed E-state index contributed by atoms with van der Waals surface area (Å²) in [6, 6.07) is 4.18. The monoisotopic (exact) mass is 294 g/mol. The first-order valence-electron chi connectivity index (χ1n) is 5.59. The summed E-state index contributed by atoms with van der Waals surface area (Å²) >= 11 is 0. The Labute approximate surface area is 112 Å². The average Bonchev–Trinajstić information content (AvgIpc) is 2.34. The number of nitrogens with zero attached hydrogens (tertiary/aromatic N) is 1. The van der Waals surface area contributed by atoms with E-state index >= 15 is 0 Å². The number of nitrogens with one attached hydrogen (secondary N) is 1. The zero-order valence-electron chi connectivity index (χ0n) is 10.6. The third kappa shape index (κ3) is 5.41. The fourth-order valence-corrected chi connectivity index (χ4v) is 1.45. The Morgan fingerprint density at radius 2 is 2.05 bits per heavy atom. The van der Waals surface area contributed by atoms with Gasteiger partial charge in [-0.25, -0.2) is 0 Å². The molecule has 0 unspecified atom stereocenters. The number of nitro groups is 1. The van der Waals surface area contributed by atoms with Gasteiger partial charge in [0, 0.05) is 12.6 Å². The lowest BCUT2D eigenvalue weighted by molar-refractivity contribution is -0.386. The maximum atomic E-state index is 11.8. The van der Waals surface area contributed by atoms with Gasteiger partial charge < -0.3 is 10.1 Å². The van der Waals surface area contributed by atoms with E-state index in [0.29, 0.717) is 12.1 Å². The van der Waals surface area contributed by atoms with E-state index < -0.39 is 24.5 Å². The maximum absolute atomic E-state index is 11.8. The Morgan fingerprint density at radius 3 is 2.60 bits per heavy atom. The van der Waals surface area contributed by atoms with Crippen molar-refractivity contribution in [1.82, 2.24) is 5.32 Å². The molecule has 1 rings (SSSR count). The van der Waals surface area contributed by atoms with Crippen LogP contribution in [0.4, 0.5) is 18.9 Å². The minimum atomic E-state index is -4.75. The Morgan fingerprint density at radius 1 is 1.35 bits per heavy atom. The Balaban J connectivity index is 2.70. The lowest BCUT2D eigenvalue weighted by Crippen LogP contribution is -2.18. The highest BCUT2D eigenvalue weighted by Gasteiger charge is 2.28. The van der Waals surface area contributed by atoms with Crippen molar-refractivity contribution in [2.75, 3.05) is 20.3 Å². The summed E-state index contributed by atoms with van der Waals surface area (Å²) in [6.45, 7) is -0.729. The van der Waals surface area contributed by atoms with Gasteiger partial charge in [0.25, 0.3) is 0 Å². The summed E-state index contributed by atoms with van der Waals surface area (Å²) in [5.74, 6) is -0.0893. The first kappa shape index (κ1) is 16.2. The molecule has 0 aromatic heterocycles. The topological polar surface area (TPSA) is 73.6 Å². The average molecular weight is 294 g/mol. The van der Waals surface area contributed by atoms with E-state index in [2.05, 4.69) is 10.1 Å². The second kappa shape index (κ2) is 7.06. The number of benzene rings is 1. The SMILES string of the molecule is CNCc1ccc([N+](=O)[O-])c(OCCOC(F)(F)F)c1. The molecule has 0 amide bonds. The lowest BCUT2D eigenvalue weighted by Gasteiger charge is -2.10. The molecule has 6 nitrogen and oxygen atoms in total. The normalized spacial score (nSPS) is 11.4. The molecule has 0 heterocycles. The van der Waals surface area contributed by atoms with E-state index in [4.69, 9.17) is 4.74 Å². The summed E-state index contributed by atoms with van der Waals surface area (Å²) in [4.78, 5) is 10.1. The van der Waals surface area contributed by atoms with E-state index in [0.717, 1.165) is 0 Å². The van der Waals surface area contributed by atoms with Crippen molar-refractivity contribution in [3.8, 4) is 5.75 Å². The van der Waals surface area contributed by atoms with E-state index in [1.165, 1.54) is 18.2 Å². The second-order valence-corrected chi connectivity index (χ2v) is 3.73. The van der Waals surface area contributed by atoms with Gasteiger partial charge in [0.2, 0.25) is 0 Å². The number of rotatable bonds is 7. The highest BCUT2D eigenvalue weighted by Crippen LogP contribution is 2.28. The molecule has 1 aromatic carbocycles. The molecular formula is C11H13F3N2O4. The fourth-order valence-electron chi connectivity index (χ4n) is 1.45. The summed E-state index contributed by atoms with van der Waals surface area (Å²) in [7, 11) is 1.69. The van der Waals surface area contributed by atoms with E-state index in [9.17, 15) is 23.3 Å². The molecule has 0 saturated heterocycles. The molecule has 20 heavy (non-hydrogen) atoms. The van der Waals surface area contributed by atoms with Gasteiger partial charge in [-0.15, -0.1) is 13.2 Å². The number of hydrogen-bond donors (Lipinski definition) is 1. The van der Waals surface area contributed by atoms with Crippen LogP contribution in [0, 0.1) is 10.1 Å². The first-order valence-corrected chi connectivity index (χ1v) is 5.59. The van der Waals surface area contributed by atoms with Crippen LogP contribution in [0.5, 0.6) is 5.75 Å². The standard InChI is InChI=1S/C11H13F3N2O4/c1-15-7-8-2-3-9(16(17)18)10(6-8)19-4-5-20-11(12,13)14/h2-3,6,15H,4-5,7H2,1H3. The van der Waals surface area contributed by atoms with Crippen molar-refractivity contribution in [3.05, 3.63) is 33.9 Å². The summed E-state index contributed by atoms with van der Waals surface area (Å²) in [5, 5.41) is 13.6. The molecule has 0 saturated carbocycles. The van der Waals surface area contributed by atoms with Gasteiger partial charge in [-0.3, -0.25) is 14.9 Å². The largest absolute Gasteiger partial charge is 0.522 e. The molecule has 0 aliphatic carbocycles. The summed E-state index contributed by atoms with van der Waals surface area (Å²) in [6.07, 6.45) is -4.75. The van der Waals surface area contributed by atoms with Crippen LogP contribution in [0.1, 0.15) is 5.56 Å². The van der Waals surface area contributed by atoms with E-state index in [-0.39, 0.29) is 11.4 Å². The van der Waals surface area contributed by atoms with Gasteiger partial charge in [0.1, 0.15) is 6.61 Å². The minimum Gasteiger partial charge on any atom is -0.484 e. The molecule has 0 atom stereocenters. The van der Waals surface area contributed by atoms with Crippen LogP contribution < -0.4 is 10.1 Å². The van der Waals surface area contributed by atoms with Gasteiger partial charge in [-0.05, 0) is 18.7 Å². The van der Waals surface area contributed by atoms with Crippen molar-refractivity contribution in [2.45, 2.75) is 12.9 Å². The lowest BCUT2D eigenvalue weighted by atomic mass is 10.2. The van der Waals surface area contributed by atoms with Crippen LogP contribution in [0.3, 0.4) is 0 Å². The number of nitro benzene ring substituents is 1. The number of halogens is 3. The van der Waals surface area contributed by atoms with Crippen LogP contribution >= 0.6 is 0 Å². The van der Waals surface area contributed by atoms with Crippen molar-refractivity contribution >= 4 is 5.69 Å². The highest BCUT2D eigenvalue weighted by atomic mass is 19.4. The molecule has 112 valence electrons. The molecule has 0 aliphatic heterocycles. The van der Waals surface area contributed by atoms with Crippen LogP contribution in [-0.4, -0.2) is 31.5 Å². The van der Waals surface area contributed by atoms with Gasteiger partial charge in [-0.1, -0.05) is 6.07 Å². The molecule has 0 bridgehead atoms. The molecular weight excluding hydrogens is 281 g/mol. The number of ether oxygens (including phenoxy) is 2. The Kier molecular flexibility index (Phi) is 5.71. The summed E-state index contributed by atoms with van der Waals surface area (Å²) < 4.78 is 43.8. The molecule has 9 heteroatoms. The molecule has 1 N–H and O–H groups in total. The zero-order chi connectivity index (χ0) is 15.2. The van der Waals surface area contributed by atoms with Crippen LogP contribution in [0.15, 0.2) is 18.2 Å². The smallest absolute Gasteiger partial charge is 0.484 e. The maximum Gasteiger partial charge on any atom is 0.522 e. The van der Waals surface area contributed by atoms with E-state index in [1.807, 2.05) is 0 Å². The zero-order valence-corrected chi connectivity index (χ0v) is 10.6. The second-order valence-electron chi connectivity index (χ2n) is 3.73. The van der Waals surface area contributed by atoms with Crippen LogP contribution in [0.2, 0.25) is 0 Å². The van der Waals surface area contributed by atoms with Crippen LogP contribution in [0.25, 0.3) is 0 Å². The van der Waals surface area contributed by atoms with Crippen molar-refractivity contribution in [1.29, 1.82) is 0 Å². The predicted octanol–water partition coefficient (Wildman–Crippen LogP) is 2.23. The predicted molar refractivity (Wildman–Crippen MR) is 63.4 cm³/mol. The van der Waals surface area contributed by atoms with Crippen molar-refractivity contribution < 1.29 is 27.6 Å². The molecule has 0 fully saturated rings. The van der Waals surface area contributed by atoms with Gasteiger partial charge in [0.05, 0.1) is 11.5 Å². The quantitative estimate of drug-likeness (QED) is 0.474. The Bertz CT molecular complexity index is 465.